The SMILES string of the molecule is Cc1cccnc1C(=O)NC(C)CC(C)N. The molecule has 0 saturated heterocycles. The number of hydrogen-bond acceptors (Lipinski definition) is 3. The number of nitrogens with zero attached hydrogens (tertiary/aromatic N) is 1. The molecule has 1 amide bonds. The molecular weight excluding hydrogens is 202 g/mol. The van der Waals surface area contributed by atoms with E-state index >= 15 is 0 Å². The fraction of sp³-hybridized carbons (Fsp3) is 0.500. The zero-order chi connectivity index (χ0) is 12.1. The monoisotopic (exact) mass is 221 g/mol. The number of nitrogens with two attached hydrogens (primary N) is 1. The summed E-state index contributed by atoms with van der Waals surface area (Å²) in [6.45, 7) is 5.74. The highest BCUT2D eigenvalue weighted by Gasteiger charge is 2.13. The van der Waals surface area contributed by atoms with Gasteiger partial charge in [-0.2, -0.15) is 0 Å². The zero-order valence-electron chi connectivity index (χ0n) is 10.0. The molecule has 16 heavy (non-hydrogen) atoms. The Morgan fingerprint density at radius 2 is 2.25 bits per heavy atom. The van der Waals surface area contributed by atoms with Gasteiger partial charge in [0.15, 0.2) is 0 Å². The number of aryl methyl sites for hydroxylation is 1. The van der Waals surface area contributed by atoms with Crippen molar-refractivity contribution in [3.63, 3.8) is 0 Å². The minimum atomic E-state index is -0.133. The van der Waals surface area contributed by atoms with E-state index in [9.17, 15) is 4.79 Å². The molecule has 4 nitrogen and oxygen atoms in total. The van der Waals surface area contributed by atoms with Crippen LogP contribution < -0.4 is 11.1 Å². The number of carbonyl (C=O) groups is 1. The molecule has 4 heteroatoms. The molecule has 0 aliphatic heterocycles. The predicted octanol–water partition coefficient (Wildman–Crippen LogP) is 1.25. The van der Waals surface area contributed by atoms with Gasteiger partial charge in [-0.25, -0.2) is 0 Å². The highest BCUT2D eigenvalue weighted by atomic mass is 16.1. The Labute approximate surface area is 96.3 Å². The van der Waals surface area contributed by atoms with Crippen LogP contribution in [0.5, 0.6) is 0 Å². The lowest BCUT2D eigenvalue weighted by Crippen LogP contribution is -2.37. The molecule has 0 aliphatic rings. The Hall–Kier alpha value is -1.42. The molecule has 0 saturated carbocycles. The fourth-order valence-corrected chi connectivity index (χ4v) is 1.63. The van der Waals surface area contributed by atoms with E-state index in [1.807, 2.05) is 32.9 Å². The average Bonchev–Trinajstić information content (AvgIpc) is 2.16. The highest BCUT2D eigenvalue weighted by molar-refractivity contribution is 5.93. The predicted molar refractivity (Wildman–Crippen MR) is 64.2 cm³/mol. The third-order valence-electron chi connectivity index (χ3n) is 2.33. The zero-order valence-corrected chi connectivity index (χ0v) is 10.0. The molecule has 2 unspecified atom stereocenters. The molecule has 0 bridgehead atoms. The first-order valence-electron chi connectivity index (χ1n) is 5.48. The van der Waals surface area contributed by atoms with Crippen molar-refractivity contribution >= 4 is 5.91 Å². The summed E-state index contributed by atoms with van der Waals surface area (Å²) in [5, 5.41) is 2.89. The molecule has 0 aromatic carbocycles. The van der Waals surface area contributed by atoms with Crippen LogP contribution in [0.3, 0.4) is 0 Å². The molecule has 88 valence electrons. The molecule has 0 aliphatic carbocycles. The molecular formula is C12H19N3O. The van der Waals surface area contributed by atoms with Crippen molar-refractivity contribution in [1.29, 1.82) is 0 Å². The van der Waals surface area contributed by atoms with Gasteiger partial charge < -0.3 is 11.1 Å². The quantitative estimate of drug-likeness (QED) is 0.804. The van der Waals surface area contributed by atoms with Crippen LogP contribution in [0, 0.1) is 6.92 Å². The molecule has 1 aromatic heterocycles. The van der Waals surface area contributed by atoms with Crippen LogP contribution >= 0.6 is 0 Å². The summed E-state index contributed by atoms with van der Waals surface area (Å²) >= 11 is 0. The van der Waals surface area contributed by atoms with E-state index in [1.54, 1.807) is 6.20 Å². The number of nitrogens with one attached hydrogen (secondary N) is 1. The molecule has 1 rings (SSSR count). The summed E-state index contributed by atoms with van der Waals surface area (Å²) in [7, 11) is 0. The number of rotatable bonds is 4. The molecule has 1 aromatic rings. The maximum atomic E-state index is 11.8. The largest absolute Gasteiger partial charge is 0.348 e. The molecule has 0 radical (unpaired) electrons. The number of hydrogen-bond donors (Lipinski definition) is 2. The molecule has 0 fully saturated rings. The summed E-state index contributed by atoms with van der Waals surface area (Å²) in [6.07, 6.45) is 2.38. The van der Waals surface area contributed by atoms with Crippen LogP contribution in [0.4, 0.5) is 0 Å². The minimum absolute atomic E-state index is 0.0638. The normalized spacial score (nSPS) is 14.2. The number of carbonyl (C=O) groups excluding carboxylic acids is 1. The van der Waals surface area contributed by atoms with Gasteiger partial charge in [0.1, 0.15) is 5.69 Å². The Kier molecular flexibility index (Phi) is 4.43. The van der Waals surface area contributed by atoms with Crippen LogP contribution in [-0.2, 0) is 0 Å². The maximum Gasteiger partial charge on any atom is 0.270 e. The molecule has 2 atom stereocenters. The van der Waals surface area contributed by atoms with Gasteiger partial charge in [0.05, 0.1) is 0 Å². The van der Waals surface area contributed by atoms with Gasteiger partial charge >= 0.3 is 0 Å². The summed E-state index contributed by atoms with van der Waals surface area (Å²) in [5.41, 5.74) is 7.04. The Balaban J connectivity index is 2.63. The van der Waals surface area contributed by atoms with Crippen LogP contribution in [0.2, 0.25) is 0 Å². The van der Waals surface area contributed by atoms with Gasteiger partial charge in [0, 0.05) is 18.3 Å². The molecule has 0 spiro atoms. The van der Waals surface area contributed by atoms with Gasteiger partial charge in [-0.3, -0.25) is 9.78 Å². The van der Waals surface area contributed by atoms with Crippen molar-refractivity contribution in [2.45, 2.75) is 39.3 Å². The van der Waals surface area contributed by atoms with E-state index in [1.165, 1.54) is 0 Å². The Morgan fingerprint density at radius 1 is 1.56 bits per heavy atom. The van der Waals surface area contributed by atoms with Crippen LogP contribution in [0.25, 0.3) is 0 Å². The van der Waals surface area contributed by atoms with E-state index in [4.69, 9.17) is 5.73 Å². The van der Waals surface area contributed by atoms with Gasteiger partial charge in [-0.05, 0) is 38.8 Å². The number of aromatic nitrogens is 1. The van der Waals surface area contributed by atoms with Gasteiger partial charge in [-0.15, -0.1) is 0 Å². The van der Waals surface area contributed by atoms with Crippen molar-refractivity contribution in [3.8, 4) is 0 Å². The van der Waals surface area contributed by atoms with Crippen molar-refractivity contribution < 1.29 is 4.79 Å². The van der Waals surface area contributed by atoms with Crippen molar-refractivity contribution in [3.05, 3.63) is 29.6 Å². The third kappa shape index (κ3) is 3.62. The summed E-state index contributed by atoms with van der Waals surface area (Å²) in [4.78, 5) is 15.9. The standard InChI is InChI=1S/C12H19N3O/c1-8-5-4-6-14-11(8)12(16)15-10(3)7-9(2)13/h4-6,9-10H,7,13H2,1-3H3,(H,15,16). The van der Waals surface area contributed by atoms with E-state index in [2.05, 4.69) is 10.3 Å². The van der Waals surface area contributed by atoms with Crippen molar-refractivity contribution in [2.75, 3.05) is 0 Å². The van der Waals surface area contributed by atoms with E-state index in [0.717, 1.165) is 12.0 Å². The lowest BCUT2D eigenvalue weighted by Gasteiger charge is -2.16. The summed E-state index contributed by atoms with van der Waals surface area (Å²) in [5.74, 6) is -0.133. The minimum Gasteiger partial charge on any atom is -0.348 e. The van der Waals surface area contributed by atoms with Crippen LogP contribution in [-0.4, -0.2) is 23.0 Å². The van der Waals surface area contributed by atoms with Crippen molar-refractivity contribution in [1.82, 2.24) is 10.3 Å². The number of amides is 1. The number of pyridine rings is 1. The second kappa shape index (κ2) is 5.61. The first-order chi connectivity index (χ1) is 7.50. The fourth-order valence-electron chi connectivity index (χ4n) is 1.63. The first-order valence-corrected chi connectivity index (χ1v) is 5.48. The third-order valence-corrected chi connectivity index (χ3v) is 2.33. The van der Waals surface area contributed by atoms with E-state index in [-0.39, 0.29) is 18.0 Å². The van der Waals surface area contributed by atoms with Gasteiger partial charge in [0.25, 0.3) is 5.91 Å². The topological polar surface area (TPSA) is 68.0 Å². The highest BCUT2D eigenvalue weighted by Crippen LogP contribution is 2.04. The summed E-state index contributed by atoms with van der Waals surface area (Å²) in [6, 6.07) is 3.84. The van der Waals surface area contributed by atoms with Crippen molar-refractivity contribution in [2.24, 2.45) is 5.73 Å². The molecule has 1 heterocycles. The van der Waals surface area contributed by atoms with Crippen LogP contribution in [0.15, 0.2) is 18.3 Å². The Bertz CT molecular complexity index is 363. The maximum absolute atomic E-state index is 11.8. The second-order valence-corrected chi connectivity index (χ2v) is 4.26. The van der Waals surface area contributed by atoms with Crippen LogP contribution in [0.1, 0.15) is 36.3 Å². The van der Waals surface area contributed by atoms with Gasteiger partial charge in [0.2, 0.25) is 0 Å². The lowest BCUT2D eigenvalue weighted by molar-refractivity contribution is 0.0932. The smallest absolute Gasteiger partial charge is 0.270 e. The summed E-state index contributed by atoms with van der Waals surface area (Å²) < 4.78 is 0. The van der Waals surface area contributed by atoms with E-state index in [0.29, 0.717) is 5.69 Å². The molecule has 3 N–H and O–H groups in total. The first kappa shape index (κ1) is 12.6. The Morgan fingerprint density at radius 3 is 2.81 bits per heavy atom. The lowest BCUT2D eigenvalue weighted by atomic mass is 10.1. The second-order valence-electron chi connectivity index (χ2n) is 4.26. The van der Waals surface area contributed by atoms with Gasteiger partial charge in [-0.1, -0.05) is 6.07 Å². The van der Waals surface area contributed by atoms with E-state index < -0.39 is 0 Å². The average molecular weight is 221 g/mol.